The molecule has 0 aliphatic rings. The lowest BCUT2D eigenvalue weighted by molar-refractivity contribution is 0.0945. The van der Waals surface area contributed by atoms with Crippen LogP contribution in [0.4, 0.5) is 10.9 Å². The van der Waals surface area contributed by atoms with Crippen LogP contribution in [0.1, 0.15) is 36.9 Å². The van der Waals surface area contributed by atoms with Crippen molar-refractivity contribution < 1.29 is 4.79 Å². The van der Waals surface area contributed by atoms with E-state index in [1.165, 1.54) is 11.3 Å². The van der Waals surface area contributed by atoms with Crippen molar-refractivity contribution in [2.45, 2.75) is 39.3 Å². The molecular formula is C12H20N4OS. The Labute approximate surface area is 111 Å². The SMILES string of the molecule is C=CCC(C)NC(=O)c1sc(NC(C)C)nc1N. The summed E-state index contributed by atoms with van der Waals surface area (Å²) in [6.45, 7) is 9.57. The predicted molar refractivity (Wildman–Crippen MR) is 77.0 cm³/mol. The molecule has 0 aliphatic heterocycles. The third-order valence-electron chi connectivity index (χ3n) is 2.17. The lowest BCUT2D eigenvalue weighted by Gasteiger charge is -2.10. The minimum Gasteiger partial charge on any atom is -0.382 e. The number of anilines is 2. The van der Waals surface area contributed by atoms with Gasteiger partial charge in [-0.05, 0) is 27.2 Å². The van der Waals surface area contributed by atoms with Crippen molar-refractivity contribution in [3.8, 4) is 0 Å². The highest BCUT2D eigenvalue weighted by Gasteiger charge is 2.17. The Morgan fingerprint density at radius 2 is 2.22 bits per heavy atom. The van der Waals surface area contributed by atoms with Crippen LogP contribution in [0.3, 0.4) is 0 Å². The first-order chi connectivity index (χ1) is 8.43. The molecule has 1 amide bonds. The van der Waals surface area contributed by atoms with Gasteiger partial charge in [-0.3, -0.25) is 4.79 Å². The highest BCUT2D eigenvalue weighted by molar-refractivity contribution is 7.18. The van der Waals surface area contributed by atoms with Crippen molar-refractivity contribution in [1.29, 1.82) is 0 Å². The summed E-state index contributed by atoms with van der Waals surface area (Å²) >= 11 is 1.27. The van der Waals surface area contributed by atoms with Gasteiger partial charge in [0.1, 0.15) is 10.7 Å². The van der Waals surface area contributed by atoms with E-state index in [-0.39, 0.29) is 23.8 Å². The summed E-state index contributed by atoms with van der Waals surface area (Å²) in [6, 6.07) is 0.296. The molecule has 1 atom stereocenters. The minimum absolute atomic E-state index is 0.0398. The largest absolute Gasteiger partial charge is 0.382 e. The summed E-state index contributed by atoms with van der Waals surface area (Å²) < 4.78 is 0. The molecule has 0 radical (unpaired) electrons. The van der Waals surface area contributed by atoms with Gasteiger partial charge < -0.3 is 16.4 Å². The molecule has 5 nitrogen and oxygen atoms in total. The highest BCUT2D eigenvalue weighted by Crippen LogP contribution is 2.25. The summed E-state index contributed by atoms with van der Waals surface area (Å²) in [5.74, 6) is 0.0857. The van der Waals surface area contributed by atoms with Gasteiger partial charge in [0.05, 0.1) is 0 Å². The summed E-state index contributed by atoms with van der Waals surface area (Å²) in [5, 5.41) is 6.66. The maximum Gasteiger partial charge on any atom is 0.265 e. The molecule has 100 valence electrons. The molecule has 6 heteroatoms. The van der Waals surface area contributed by atoms with Gasteiger partial charge in [-0.15, -0.1) is 6.58 Å². The number of hydrogen-bond acceptors (Lipinski definition) is 5. The van der Waals surface area contributed by atoms with Crippen LogP contribution >= 0.6 is 11.3 Å². The molecule has 4 N–H and O–H groups in total. The van der Waals surface area contributed by atoms with E-state index in [4.69, 9.17) is 5.73 Å². The molecule has 0 bridgehead atoms. The zero-order chi connectivity index (χ0) is 13.7. The molecule has 0 fully saturated rings. The average Bonchev–Trinajstić information content (AvgIpc) is 2.58. The number of nitrogen functional groups attached to an aromatic ring is 1. The Morgan fingerprint density at radius 1 is 1.56 bits per heavy atom. The lowest BCUT2D eigenvalue weighted by atomic mass is 10.2. The van der Waals surface area contributed by atoms with Crippen LogP contribution in [-0.4, -0.2) is 23.0 Å². The Hall–Kier alpha value is -1.56. The number of nitrogens with two attached hydrogens (primary N) is 1. The van der Waals surface area contributed by atoms with E-state index in [0.717, 1.165) is 6.42 Å². The fourth-order valence-corrected chi connectivity index (χ4v) is 2.34. The number of nitrogens with zero attached hydrogens (tertiary/aromatic N) is 1. The van der Waals surface area contributed by atoms with Gasteiger partial charge in [-0.2, -0.15) is 0 Å². The summed E-state index contributed by atoms with van der Waals surface area (Å²) in [7, 11) is 0. The third-order valence-corrected chi connectivity index (χ3v) is 3.17. The number of aromatic nitrogens is 1. The molecule has 1 aromatic heterocycles. The first-order valence-corrected chi connectivity index (χ1v) is 6.70. The predicted octanol–water partition coefficient (Wildman–Crippen LogP) is 2.24. The number of carbonyl (C=O) groups is 1. The zero-order valence-electron chi connectivity index (χ0n) is 11.0. The second-order valence-electron chi connectivity index (χ2n) is 4.43. The highest BCUT2D eigenvalue weighted by atomic mass is 32.1. The van der Waals surface area contributed by atoms with Gasteiger partial charge in [0.2, 0.25) is 0 Å². The maximum absolute atomic E-state index is 12.0. The normalized spacial score (nSPS) is 12.2. The quantitative estimate of drug-likeness (QED) is 0.691. The Bertz CT molecular complexity index is 428. The van der Waals surface area contributed by atoms with Crippen molar-refractivity contribution in [2.24, 2.45) is 0 Å². The van der Waals surface area contributed by atoms with E-state index in [1.54, 1.807) is 6.08 Å². The monoisotopic (exact) mass is 268 g/mol. The van der Waals surface area contributed by atoms with E-state index in [1.807, 2.05) is 20.8 Å². The van der Waals surface area contributed by atoms with Gasteiger partial charge in [0.15, 0.2) is 5.13 Å². The molecule has 0 saturated carbocycles. The van der Waals surface area contributed by atoms with Crippen LogP contribution in [0.15, 0.2) is 12.7 Å². The van der Waals surface area contributed by atoms with Gasteiger partial charge in [-0.1, -0.05) is 17.4 Å². The summed E-state index contributed by atoms with van der Waals surface area (Å²) in [4.78, 5) is 16.5. The molecule has 0 spiro atoms. The fraction of sp³-hybridized carbons (Fsp3) is 0.500. The van der Waals surface area contributed by atoms with Gasteiger partial charge >= 0.3 is 0 Å². The second-order valence-corrected chi connectivity index (χ2v) is 5.43. The Balaban J connectivity index is 2.73. The third kappa shape index (κ3) is 4.03. The van der Waals surface area contributed by atoms with Crippen LogP contribution in [0.2, 0.25) is 0 Å². The van der Waals surface area contributed by atoms with Crippen LogP contribution in [0.5, 0.6) is 0 Å². The van der Waals surface area contributed by atoms with Gasteiger partial charge in [0.25, 0.3) is 5.91 Å². The molecule has 1 unspecified atom stereocenters. The number of nitrogens with one attached hydrogen (secondary N) is 2. The molecule has 0 saturated heterocycles. The number of amides is 1. The number of carbonyl (C=O) groups excluding carboxylic acids is 1. The van der Waals surface area contributed by atoms with E-state index in [2.05, 4.69) is 22.2 Å². The molecule has 18 heavy (non-hydrogen) atoms. The van der Waals surface area contributed by atoms with E-state index >= 15 is 0 Å². The minimum atomic E-state index is -0.184. The first-order valence-electron chi connectivity index (χ1n) is 5.88. The molecular weight excluding hydrogens is 248 g/mol. The van der Waals surface area contributed by atoms with E-state index in [9.17, 15) is 4.79 Å². The van der Waals surface area contributed by atoms with Crippen molar-refractivity contribution in [3.63, 3.8) is 0 Å². The molecule has 0 aliphatic carbocycles. The summed E-state index contributed by atoms with van der Waals surface area (Å²) in [6.07, 6.45) is 2.49. The van der Waals surface area contributed by atoms with Crippen molar-refractivity contribution in [3.05, 3.63) is 17.5 Å². The number of thiazole rings is 1. The van der Waals surface area contributed by atoms with Crippen molar-refractivity contribution in [1.82, 2.24) is 10.3 Å². The maximum atomic E-state index is 12.0. The summed E-state index contributed by atoms with van der Waals surface area (Å²) in [5.41, 5.74) is 5.75. The van der Waals surface area contributed by atoms with Crippen LogP contribution in [0.25, 0.3) is 0 Å². The first kappa shape index (κ1) is 14.5. The average molecular weight is 268 g/mol. The number of rotatable bonds is 6. The molecule has 1 rings (SSSR count). The number of hydrogen-bond donors (Lipinski definition) is 3. The van der Waals surface area contributed by atoms with Gasteiger partial charge in [0, 0.05) is 12.1 Å². The molecule has 1 heterocycles. The Morgan fingerprint density at radius 3 is 2.78 bits per heavy atom. The topological polar surface area (TPSA) is 80.0 Å². The van der Waals surface area contributed by atoms with E-state index in [0.29, 0.717) is 10.0 Å². The van der Waals surface area contributed by atoms with Crippen molar-refractivity contribution in [2.75, 3.05) is 11.1 Å². The smallest absolute Gasteiger partial charge is 0.265 e. The van der Waals surface area contributed by atoms with E-state index < -0.39 is 0 Å². The van der Waals surface area contributed by atoms with Crippen LogP contribution in [-0.2, 0) is 0 Å². The Kier molecular flexibility index (Phi) is 5.15. The second kappa shape index (κ2) is 6.39. The standard InChI is InChI=1S/C12H20N4OS/c1-5-6-8(4)15-11(17)9-10(13)16-12(18-9)14-7(2)3/h5,7-8H,1,6,13H2,2-4H3,(H,14,16)(H,15,17). The van der Waals surface area contributed by atoms with Crippen LogP contribution < -0.4 is 16.4 Å². The van der Waals surface area contributed by atoms with Crippen LogP contribution in [0, 0.1) is 0 Å². The molecule has 0 aromatic carbocycles. The zero-order valence-corrected chi connectivity index (χ0v) is 11.8. The lowest BCUT2D eigenvalue weighted by Crippen LogP contribution is -2.31. The van der Waals surface area contributed by atoms with Crippen molar-refractivity contribution >= 4 is 28.2 Å². The fourth-order valence-electron chi connectivity index (χ4n) is 1.40. The molecule has 1 aromatic rings. The van der Waals surface area contributed by atoms with Gasteiger partial charge in [-0.25, -0.2) is 4.98 Å².